The Morgan fingerprint density at radius 2 is 1.97 bits per heavy atom. The van der Waals surface area contributed by atoms with Crippen molar-refractivity contribution in [1.29, 1.82) is 0 Å². The number of methoxy groups -OCH3 is 2. The van der Waals surface area contributed by atoms with Crippen LogP contribution in [0.25, 0.3) is 0 Å². The standard InChI is InChI=1S/C25H39ClN4O3S/c1-4-5-6-24(34)30-11-7-17(8-12-30)15-29-10-9-21(23(16-29)33-3)28-25(31)18-13-19(26)20(27)14-22(18)32-2/h13-14,17,21,23H,4-12,15-16,27H2,1-3H3,(H,28,31). The van der Waals surface area contributed by atoms with E-state index in [1.165, 1.54) is 32.8 Å². The van der Waals surface area contributed by atoms with Crippen LogP contribution in [0.2, 0.25) is 5.02 Å². The zero-order valence-corrected chi connectivity index (χ0v) is 22.2. The summed E-state index contributed by atoms with van der Waals surface area (Å²) in [4.78, 5) is 19.0. The van der Waals surface area contributed by atoms with Crippen LogP contribution in [0.3, 0.4) is 0 Å². The molecule has 2 aliphatic rings. The minimum absolute atomic E-state index is 0.0744. The van der Waals surface area contributed by atoms with Gasteiger partial charge in [-0.15, -0.1) is 0 Å². The van der Waals surface area contributed by atoms with E-state index in [1.54, 1.807) is 19.2 Å². The smallest absolute Gasteiger partial charge is 0.255 e. The lowest BCUT2D eigenvalue weighted by Crippen LogP contribution is -2.55. The van der Waals surface area contributed by atoms with Gasteiger partial charge in [0.25, 0.3) is 5.91 Å². The predicted octanol–water partition coefficient (Wildman–Crippen LogP) is 3.98. The summed E-state index contributed by atoms with van der Waals surface area (Å²) in [6, 6.07) is 3.06. The van der Waals surface area contributed by atoms with Crippen LogP contribution in [0.4, 0.5) is 5.69 Å². The average molecular weight is 511 g/mol. The summed E-state index contributed by atoms with van der Waals surface area (Å²) >= 11 is 11.8. The number of nitrogen functional groups attached to an aromatic ring is 1. The number of piperidine rings is 2. The maximum atomic E-state index is 13.0. The van der Waals surface area contributed by atoms with Crippen LogP contribution < -0.4 is 15.8 Å². The fraction of sp³-hybridized carbons (Fsp3) is 0.680. The van der Waals surface area contributed by atoms with Crippen LogP contribution in [-0.4, -0.2) is 79.8 Å². The molecule has 3 rings (SSSR count). The van der Waals surface area contributed by atoms with Crippen molar-refractivity contribution < 1.29 is 14.3 Å². The minimum Gasteiger partial charge on any atom is -0.496 e. The molecule has 3 N–H and O–H groups in total. The molecule has 2 saturated heterocycles. The topological polar surface area (TPSA) is 80.1 Å². The lowest BCUT2D eigenvalue weighted by molar-refractivity contribution is -0.000286. The third kappa shape index (κ3) is 6.97. The van der Waals surface area contributed by atoms with Crippen molar-refractivity contribution in [3.63, 3.8) is 0 Å². The first-order valence-electron chi connectivity index (χ1n) is 12.3. The number of nitrogens with one attached hydrogen (secondary N) is 1. The summed E-state index contributed by atoms with van der Waals surface area (Å²) in [5.41, 5.74) is 6.61. The molecule has 1 aromatic rings. The van der Waals surface area contributed by atoms with E-state index in [2.05, 4.69) is 22.0 Å². The number of rotatable bonds is 9. The van der Waals surface area contributed by atoms with Crippen LogP contribution in [0, 0.1) is 5.92 Å². The number of amides is 1. The zero-order valence-electron chi connectivity index (χ0n) is 20.6. The summed E-state index contributed by atoms with van der Waals surface area (Å²) in [5.74, 6) is 0.854. The molecule has 0 aromatic heterocycles. The van der Waals surface area contributed by atoms with Gasteiger partial charge in [-0.25, -0.2) is 0 Å². The highest BCUT2D eigenvalue weighted by Gasteiger charge is 2.33. The van der Waals surface area contributed by atoms with Gasteiger partial charge in [-0.1, -0.05) is 37.2 Å². The molecule has 1 amide bonds. The normalized spacial score (nSPS) is 21.9. The van der Waals surface area contributed by atoms with Crippen molar-refractivity contribution in [2.75, 3.05) is 52.7 Å². The van der Waals surface area contributed by atoms with E-state index in [0.29, 0.717) is 27.9 Å². The second-order valence-electron chi connectivity index (χ2n) is 9.40. The predicted molar refractivity (Wildman–Crippen MR) is 142 cm³/mol. The number of nitrogens with two attached hydrogens (primary N) is 1. The van der Waals surface area contributed by atoms with Gasteiger partial charge in [0.2, 0.25) is 0 Å². The van der Waals surface area contributed by atoms with Gasteiger partial charge in [-0.3, -0.25) is 4.79 Å². The van der Waals surface area contributed by atoms with E-state index >= 15 is 0 Å². The number of hydrogen-bond donors (Lipinski definition) is 2. The Morgan fingerprint density at radius 1 is 1.24 bits per heavy atom. The van der Waals surface area contributed by atoms with Gasteiger partial charge < -0.3 is 30.3 Å². The van der Waals surface area contributed by atoms with E-state index in [4.69, 9.17) is 39.0 Å². The molecule has 0 bridgehead atoms. The van der Waals surface area contributed by atoms with Crippen LogP contribution >= 0.6 is 23.8 Å². The second-order valence-corrected chi connectivity index (χ2v) is 10.3. The van der Waals surface area contributed by atoms with Crippen molar-refractivity contribution in [3.05, 3.63) is 22.7 Å². The Bertz CT molecular complexity index is 848. The number of anilines is 1. The van der Waals surface area contributed by atoms with Crippen molar-refractivity contribution in [1.82, 2.24) is 15.1 Å². The largest absolute Gasteiger partial charge is 0.496 e. The molecule has 2 unspecified atom stereocenters. The third-order valence-corrected chi connectivity index (χ3v) is 7.84. The fourth-order valence-corrected chi connectivity index (χ4v) is 5.42. The first-order chi connectivity index (χ1) is 16.4. The number of benzene rings is 1. The molecule has 0 radical (unpaired) electrons. The van der Waals surface area contributed by atoms with E-state index in [0.717, 1.165) is 50.6 Å². The number of nitrogens with zero attached hydrogens (tertiary/aromatic N) is 2. The van der Waals surface area contributed by atoms with Crippen molar-refractivity contribution in [2.24, 2.45) is 5.92 Å². The number of ether oxygens (including phenoxy) is 2. The zero-order chi connectivity index (χ0) is 24.7. The fourth-order valence-electron chi connectivity index (χ4n) is 4.93. The van der Waals surface area contributed by atoms with Gasteiger partial charge in [-0.05, 0) is 44.1 Å². The van der Waals surface area contributed by atoms with Gasteiger partial charge in [0, 0.05) is 45.9 Å². The Balaban J connectivity index is 1.50. The second kappa shape index (κ2) is 12.9. The molecule has 2 aliphatic heterocycles. The van der Waals surface area contributed by atoms with Crippen LogP contribution in [0.5, 0.6) is 5.75 Å². The Kier molecular flexibility index (Phi) is 10.2. The molecular formula is C25H39ClN4O3S. The molecule has 1 aromatic carbocycles. The lowest BCUT2D eigenvalue weighted by Gasteiger charge is -2.41. The molecule has 0 aliphatic carbocycles. The molecule has 2 atom stereocenters. The Morgan fingerprint density at radius 3 is 2.62 bits per heavy atom. The number of thiocarbonyl (C=S) groups is 1. The van der Waals surface area contributed by atoms with E-state index < -0.39 is 0 Å². The molecule has 2 heterocycles. The third-order valence-electron chi connectivity index (χ3n) is 7.05. The highest BCUT2D eigenvalue weighted by Crippen LogP contribution is 2.29. The Hall–Kier alpha value is -1.61. The molecule has 0 saturated carbocycles. The summed E-state index contributed by atoms with van der Waals surface area (Å²) in [6.07, 6.45) is 6.52. The lowest BCUT2D eigenvalue weighted by atomic mass is 9.93. The number of likely N-dealkylation sites (tertiary alicyclic amines) is 2. The summed E-state index contributed by atoms with van der Waals surface area (Å²) in [5, 5.41) is 3.46. The Labute approximate surface area is 214 Å². The first kappa shape index (κ1) is 27.0. The van der Waals surface area contributed by atoms with Gasteiger partial charge in [0.1, 0.15) is 5.75 Å². The molecule has 2 fully saturated rings. The molecular weight excluding hydrogens is 472 g/mol. The number of carbonyl (C=O) groups is 1. The quantitative estimate of drug-likeness (QED) is 0.384. The SMILES string of the molecule is CCCCC(=S)N1CCC(CN2CCC(NC(=O)c3cc(Cl)c(N)cc3OC)C(OC)C2)CC1. The number of unbranched alkanes of at least 4 members (excludes halogenated alkanes) is 1. The van der Waals surface area contributed by atoms with Gasteiger partial charge in [0.15, 0.2) is 0 Å². The first-order valence-corrected chi connectivity index (χ1v) is 13.1. The van der Waals surface area contributed by atoms with Crippen LogP contribution in [-0.2, 0) is 4.74 Å². The van der Waals surface area contributed by atoms with Gasteiger partial charge in [0.05, 0.1) is 40.5 Å². The van der Waals surface area contributed by atoms with E-state index in [9.17, 15) is 4.79 Å². The summed E-state index contributed by atoms with van der Waals surface area (Å²) in [6.45, 7) is 7.15. The molecule has 190 valence electrons. The van der Waals surface area contributed by atoms with Gasteiger partial charge in [-0.2, -0.15) is 0 Å². The van der Waals surface area contributed by atoms with Crippen molar-refractivity contribution in [2.45, 2.75) is 57.6 Å². The monoisotopic (exact) mass is 510 g/mol. The molecule has 9 heteroatoms. The van der Waals surface area contributed by atoms with Crippen molar-refractivity contribution in [3.8, 4) is 5.75 Å². The number of hydrogen-bond acceptors (Lipinski definition) is 6. The highest BCUT2D eigenvalue weighted by atomic mass is 35.5. The van der Waals surface area contributed by atoms with Crippen molar-refractivity contribution >= 4 is 40.4 Å². The van der Waals surface area contributed by atoms with Crippen LogP contribution in [0.15, 0.2) is 12.1 Å². The molecule has 7 nitrogen and oxygen atoms in total. The maximum Gasteiger partial charge on any atom is 0.255 e. The average Bonchev–Trinajstić information content (AvgIpc) is 2.85. The molecule has 34 heavy (non-hydrogen) atoms. The van der Waals surface area contributed by atoms with E-state index in [1.807, 2.05) is 0 Å². The maximum absolute atomic E-state index is 13.0. The minimum atomic E-state index is -0.231. The summed E-state index contributed by atoms with van der Waals surface area (Å²) < 4.78 is 11.1. The van der Waals surface area contributed by atoms with Gasteiger partial charge >= 0.3 is 0 Å². The summed E-state index contributed by atoms with van der Waals surface area (Å²) in [7, 11) is 3.23. The van der Waals surface area contributed by atoms with E-state index in [-0.39, 0.29) is 18.1 Å². The molecule has 0 spiro atoms. The highest BCUT2D eigenvalue weighted by molar-refractivity contribution is 7.80. The van der Waals surface area contributed by atoms with Crippen LogP contribution in [0.1, 0.15) is 55.8 Å². The number of carbonyl (C=O) groups excluding carboxylic acids is 1. The number of halogens is 1.